The molecular formula is C17H15FN4OS2. The first kappa shape index (κ1) is 16.3. The molecule has 0 bridgehead atoms. The molecule has 0 radical (unpaired) electrons. The maximum Gasteiger partial charge on any atom is 0.270 e. The van der Waals surface area contributed by atoms with Crippen LogP contribution in [0.5, 0.6) is 0 Å². The van der Waals surface area contributed by atoms with Crippen LogP contribution in [0.4, 0.5) is 10.2 Å². The Bertz CT molecular complexity index is 953. The highest BCUT2D eigenvalue weighted by molar-refractivity contribution is 7.99. The number of nitrogens with two attached hydrogens (primary N) is 1. The SMILES string of the molecule is NC(=O)c1nnc(NC2CCSC2)c2cc(-c3cccc(F)c3)sc12. The zero-order valence-corrected chi connectivity index (χ0v) is 14.8. The van der Waals surface area contributed by atoms with Crippen molar-refractivity contribution in [3.63, 3.8) is 0 Å². The number of rotatable bonds is 4. The molecule has 2 aromatic heterocycles. The number of amides is 1. The molecule has 3 N–H and O–H groups in total. The zero-order valence-electron chi connectivity index (χ0n) is 13.2. The molecule has 5 nitrogen and oxygen atoms in total. The molecular weight excluding hydrogens is 359 g/mol. The number of aromatic nitrogens is 2. The lowest BCUT2D eigenvalue weighted by atomic mass is 10.1. The zero-order chi connectivity index (χ0) is 17.4. The minimum absolute atomic E-state index is 0.147. The lowest BCUT2D eigenvalue weighted by molar-refractivity contribution is 0.0996. The molecule has 8 heteroatoms. The van der Waals surface area contributed by atoms with Gasteiger partial charge in [-0.05, 0) is 35.9 Å². The Hall–Kier alpha value is -2.19. The summed E-state index contributed by atoms with van der Waals surface area (Å²) in [6.45, 7) is 0. The molecule has 25 heavy (non-hydrogen) atoms. The number of benzene rings is 1. The highest BCUT2D eigenvalue weighted by Gasteiger charge is 2.21. The van der Waals surface area contributed by atoms with Crippen molar-refractivity contribution >= 4 is 44.9 Å². The van der Waals surface area contributed by atoms with Crippen LogP contribution < -0.4 is 11.1 Å². The number of halogens is 1. The van der Waals surface area contributed by atoms with Crippen LogP contribution in [-0.2, 0) is 0 Å². The summed E-state index contributed by atoms with van der Waals surface area (Å²) in [6, 6.07) is 8.62. The average molecular weight is 374 g/mol. The highest BCUT2D eigenvalue weighted by Crippen LogP contribution is 2.38. The van der Waals surface area contributed by atoms with Crippen LogP contribution in [0.2, 0.25) is 0 Å². The number of primary amides is 1. The number of hydrogen-bond donors (Lipinski definition) is 2. The standard InChI is InChI=1S/C17H15FN4OS2/c18-10-3-1-2-9(6-10)13-7-12-15(25-13)14(16(19)23)21-22-17(12)20-11-4-5-24-8-11/h1-3,6-7,11H,4-5,8H2,(H2,19,23)(H,20,22). The van der Waals surface area contributed by atoms with E-state index in [1.807, 2.05) is 23.9 Å². The first-order valence-corrected chi connectivity index (χ1v) is 9.79. The largest absolute Gasteiger partial charge is 0.364 e. The van der Waals surface area contributed by atoms with Crippen LogP contribution in [0.1, 0.15) is 16.9 Å². The van der Waals surface area contributed by atoms with E-state index in [0.29, 0.717) is 16.6 Å². The van der Waals surface area contributed by atoms with Crippen molar-refractivity contribution in [1.82, 2.24) is 10.2 Å². The Morgan fingerprint density at radius 2 is 2.20 bits per heavy atom. The summed E-state index contributed by atoms with van der Waals surface area (Å²) in [5.41, 5.74) is 6.34. The maximum absolute atomic E-state index is 13.6. The van der Waals surface area contributed by atoms with Crippen LogP contribution in [-0.4, -0.2) is 33.7 Å². The van der Waals surface area contributed by atoms with Crippen LogP contribution in [0.15, 0.2) is 30.3 Å². The normalized spacial score (nSPS) is 17.1. The summed E-state index contributed by atoms with van der Waals surface area (Å²) < 4.78 is 14.2. The van der Waals surface area contributed by atoms with Gasteiger partial charge in [0, 0.05) is 22.1 Å². The number of hydrogen-bond acceptors (Lipinski definition) is 6. The summed E-state index contributed by atoms with van der Waals surface area (Å²) in [7, 11) is 0. The van der Waals surface area contributed by atoms with E-state index >= 15 is 0 Å². The molecule has 1 aromatic carbocycles. The predicted molar refractivity (Wildman–Crippen MR) is 101 cm³/mol. The van der Waals surface area contributed by atoms with Gasteiger partial charge in [0.2, 0.25) is 0 Å². The van der Waals surface area contributed by atoms with Crippen molar-refractivity contribution in [3.8, 4) is 10.4 Å². The third-order valence-corrected chi connectivity index (χ3v) is 6.42. The molecule has 0 saturated carbocycles. The topological polar surface area (TPSA) is 80.9 Å². The van der Waals surface area contributed by atoms with E-state index in [1.54, 1.807) is 6.07 Å². The van der Waals surface area contributed by atoms with Gasteiger partial charge in [0.05, 0.1) is 4.70 Å². The monoisotopic (exact) mass is 374 g/mol. The Morgan fingerprint density at radius 3 is 2.92 bits per heavy atom. The van der Waals surface area contributed by atoms with E-state index in [0.717, 1.165) is 33.8 Å². The second-order valence-electron chi connectivity index (χ2n) is 5.83. The fraction of sp³-hybridized carbons (Fsp3) is 0.235. The number of thiophene rings is 1. The molecule has 1 aliphatic rings. The first-order valence-electron chi connectivity index (χ1n) is 7.82. The van der Waals surface area contributed by atoms with Gasteiger partial charge in [-0.15, -0.1) is 21.5 Å². The average Bonchev–Trinajstić information content (AvgIpc) is 3.24. The fourth-order valence-electron chi connectivity index (χ4n) is 2.84. The van der Waals surface area contributed by atoms with Crippen molar-refractivity contribution in [2.24, 2.45) is 5.73 Å². The quantitative estimate of drug-likeness (QED) is 0.730. The van der Waals surface area contributed by atoms with Crippen molar-refractivity contribution < 1.29 is 9.18 Å². The summed E-state index contributed by atoms with van der Waals surface area (Å²) in [5, 5.41) is 12.4. The van der Waals surface area contributed by atoms with Gasteiger partial charge in [-0.3, -0.25) is 4.79 Å². The summed E-state index contributed by atoms with van der Waals surface area (Å²) in [6.07, 6.45) is 1.06. The highest BCUT2D eigenvalue weighted by atomic mass is 32.2. The van der Waals surface area contributed by atoms with E-state index in [2.05, 4.69) is 15.5 Å². The van der Waals surface area contributed by atoms with E-state index < -0.39 is 5.91 Å². The third kappa shape index (κ3) is 3.19. The minimum Gasteiger partial charge on any atom is -0.364 e. The van der Waals surface area contributed by atoms with Gasteiger partial charge < -0.3 is 11.1 Å². The van der Waals surface area contributed by atoms with E-state index in [-0.39, 0.29) is 11.5 Å². The molecule has 3 aromatic rings. The van der Waals surface area contributed by atoms with Gasteiger partial charge in [0.25, 0.3) is 5.91 Å². The summed E-state index contributed by atoms with van der Waals surface area (Å²) in [4.78, 5) is 12.6. The Kier molecular flexibility index (Phi) is 4.30. The number of carbonyl (C=O) groups excluding carboxylic acids is 1. The Labute approximate surface area is 151 Å². The smallest absolute Gasteiger partial charge is 0.270 e. The molecule has 128 valence electrons. The lowest BCUT2D eigenvalue weighted by Gasteiger charge is -2.12. The van der Waals surface area contributed by atoms with Gasteiger partial charge in [0.15, 0.2) is 11.5 Å². The van der Waals surface area contributed by atoms with Crippen molar-refractivity contribution in [2.75, 3.05) is 16.8 Å². The molecule has 1 aliphatic heterocycles. The van der Waals surface area contributed by atoms with Gasteiger partial charge in [-0.1, -0.05) is 12.1 Å². The molecule has 3 heterocycles. The van der Waals surface area contributed by atoms with E-state index in [9.17, 15) is 9.18 Å². The third-order valence-electron chi connectivity index (χ3n) is 4.07. The minimum atomic E-state index is -0.617. The van der Waals surface area contributed by atoms with Crippen molar-refractivity contribution in [3.05, 3.63) is 41.8 Å². The molecule has 1 unspecified atom stereocenters. The predicted octanol–water partition coefficient (Wildman–Crippen LogP) is 3.51. The molecule has 0 spiro atoms. The molecule has 4 rings (SSSR count). The molecule has 1 fully saturated rings. The van der Waals surface area contributed by atoms with E-state index in [1.165, 1.54) is 23.5 Å². The summed E-state index contributed by atoms with van der Waals surface area (Å²) in [5.74, 6) is 1.86. The number of nitrogens with one attached hydrogen (secondary N) is 1. The lowest BCUT2D eigenvalue weighted by Crippen LogP contribution is -2.20. The second kappa shape index (κ2) is 6.61. The number of nitrogens with zero attached hydrogens (tertiary/aromatic N) is 2. The summed E-state index contributed by atoms with van der Waals surface area (Å²) >= 11 is 3.27. The fourth-order valence-corrected chi connectivity index (χ4v) is 5.13. The number of thioether (sulfide) groups is 1. The van der Waals surface area contributed by atoms with Crippen molar-refractivity contribution in [1.29, 1.82) is 0 Å². The van der Waals surface area contributed by atoms with Crippen molar-refractivity contribution in [2.45, 2.75) is 12.5 Å². The Morgan fingerprint density at radius 1 is 1.32 bits per heavy atom. The number of carbonyl (C=O) groups is 1. The van der Waals surface area contributed by atoms with Gasteiger partial charge in [-0.2, -0.15) is 11.8 Å². The van der Waals surface area contributed by atoms with Crippen LogP contribution in [0.3, 0.4) is 0 Å². The molecule has 0 aliphatic carbocycles. The van der Waals surface area contributed by atoms with Gasteiger partial charge in [-0.25, -0.2) is 4.39 Å². The molecule has 1 atom stereocenters. The van der Waals surface area contributed by atoms with Gasteiger partial charge in [0.1, 0.15) is 5.82 Å². The van der Waals surface area contributed by atoms with Crippen LogP contribution in [0, 0.1) is 5.82 Å². The van der Waals surface area contributed by atoms with Gasteiger partial charge >= 0.3 is 0 Å². The van der Waals surface area contributed by atoms with Crippen LogP contribution >= 0.6 is 23.1 Å². The maximum atomic E-state index is 13.6. The molecule has 1 amide bonds. The van der Waals surface area contributed by atoms with E-state index in [4.69, 9.17) is 5.73 Å². The Balaban J connectivity index is 1.84. The number of fused-ring (bicyclic) bond motifs is 1. The second-order valence-corrected chi connectivity index (χ2v) is 8.03. The molecule has 1 saturated heterocycles. The van der Waals surface area contributed by atoms with Crippen LogP contribution in [0.25, 0.3) is 20.5 Å². The number of anilines is 1. The first-order chi connectivity index (χ1) is 12.1.